The molecule has 1 aromatic heterocycles. The Morgan fingerprint density at radius 1 is 1.35 bits per heavy atom. The molecule has 1 aromatic carbocycles. The van der Waals surface area contributed by atoms with Crippen LogP contribution < -0.4 is 0 Å². The number of methoxy groups -OCH3 is 1. The fourth-order valence-corrected chi connectivity index (χ4v) is 1.86. The lowest BCUT2D eigenvalue weighted by atomic mass is 10.1. The number of ether oxygens (including phenoxy) is 1. The van der Waals surface area contributed by atoms with E-state index >= 15 is 0 Å². The van der Waals surface area contributed by atoms with E-state index in [4.69, 9.17) is 16.3 Å². The summed E-state index contributed by atoms with van der Waals surface area (Å²) >= 11 is 6.00. The molecule has 0 unspecified atom stereocenters. The second-order valence-corrected chi connectivity index (χ2v) is 4.35. The smallest absolute Gasteiger partial charge is 0.0926 e. The van der Waals surface area contributed by atoms with E-state index in [1.165, 1.54) is 5.56 Å². The van der Waals surface area contributed by atoms with Crippen molar-refractivity contribution in [3.05, 3.63) is 41.0 Å². The van der Waals surface area contributed by atoms with Gasteiger partial charge in [0.2, 0.25) is 0 Å². The summed E-state index contributed by atoms with van der Waals surface area (Å²) < 4.78 is 6.90. The zero-order valence-electron chi connectivity index (χ0n) is 9.98. The van der Waals surface area contributed by atoms with Gasteiger partial charge in [-0.3, -0.25) is 4.68 Å². The Kier molecular flexibility index (Phi) is 3.82. The van der Waals surface area contributed by atoms with Crippen molar-refractivity contribution in [3.63, 3.8) is 0 Å². The molecule has 0 aliphatic heterocycles. The van der Waals surface area contributed by atoms with Crippen LogP contribution in [0, 0.1) is 6.92 Å². The fourth-order valence-electron chi connectivity index (χ4n) is 1.68. The third-order valence-electron chi connectivity index (χ3n) is 2.64. The minimum Gasteiger partial charge on any atom is -0.383 e. The average molecular weight is 251 g/mol. The third-order valence-corrected chi connectivity index (χ3v) is 2.88. The lowest BCUT2D eigenvalue weighted by Crippen LogP contribution is -2.04. The lowest BCUT2D eigenvalue weighted by molar-refractivity contribution is 0.183. The normalized spacial score (nSPS) is 10.8. The van der Waals surface area contributed by atoms with Gasteiger partial charge in [-0.1, -0.05) is 17.7 Å². The zero-order chi connectivity index (χ0) is 12.3. The maximum atomic E-state index is 6.00. The van der Waals surface area contributed by atoms with Crippen LogP contribution in [0.25, 0.3) is 11.3 Å². The molecule has 0 radical (unpaired) electrons. The summed E-state index contributed by atoms with van der Waals surface area (Å²) in [6.45, 7) is 3.48. The van der Waals surface area contributed by atoms with Crippen LogP contribution in [0.2, 0.25) is 5.02 Å². The van der Waals surface area contributed by atoms with Crippen molar-refractivity contribution >= 4 is 11.6 Å². The van der Waals surface area contributed by atoms with Gasteiger partial charge in [-0.15, -0.1) is 0 Å². The SMILES string of the molecule is COCCn1ccc(-c2cc(Cl)ccc2C)n1. The zero-order valence-corrected chi connectivity index (χ0v) is 10.7. The molecular formula is C13H15ClN2O. The van der Waals surface area contributed by atoms with Crippen molar-refractivity contribution in [2.45, 2.75) is 13.5 Å². The topological polar surface area (TPSA) is 27.1 Å². The predicted octanol–water partition coefficient (Wildman–Crippen LogP) is 3.16. The molecule has 0 fully saturated rings. The van der Waals surface area contributed by atoms with Gasteiger partial charge in [0.05, 0.1) is 18.8 Å². The number of aromatic nitrogens is 2. The molecule has 3 nitrogen and oxygen atoms in total. The fraction of sp³-hybridized carbons (Fsp3) is 0.308. The highest BCUT2D eigenvalue weighted by Crippen LogP contribution is 2.24. The highest BCUT2D eigenvalue weighted by atomic mass is 35.5. The summed E-state index contributed by atoms with van der Waals surface area (Å²) in [6, 6.07) is 7.84. The van der Waals surface area contributed by atoms with Gasteiger partial charge in [0.1, 0.15) is 0 Å². The van der Waals surface area contributed by atoms with Gasteiger partial charge in [-0.05, 0) is 30.7 Å². The van der Waals surface area contributed by atoms with Gasteiger partial charge in [-0.2, -0.15) is 5.10 Å². The van der Waals surface area contributed by atoms with E-state index in [2.05, 4.69) is 12.0 Å². The first-order chi connectivity index (χ1) is 8.20. The molecule has 4 heteroatoms. The van der Waals surface area contributed by atoms with Gasteiger partial charge in [0, 0.05) is 23.9 Å². The van der Waals surface area contributed by atoms with Crippen molar-refractivity contribution in [1.82, 2.24) is 9.78 Å². The van der Waals surface area contributed by atoms with E-state index in [0.29, 0.717) is 6.61 Å². The molecule has 0 aliphatic rings. The number of nitrogens with zero attached hydrogens (tertiary/aromatic N) is 2. The summed E-state index contributed by atoms with van der Waals surface area (Å²) in [5.74, 6) is 0. The molecule has 2 aromatic rings. The van der Waals surface area contributed by atoms with Crippen LogP contribution in [0.1, 0.15) is 5.56 Å². The number of rotatable bonds is 4. The first kappa shape index (κ1) is 12.1. The molecule has 2 rings (SSSR count). The summed E-state index contributed by atoms with van der Waals surface area (Å²) in [7, 11) is 1.69. The summed E-state index contributed by atoms with van der Waals surface area (Å²) in [4.78, 5) is 0. The van der Waals surface area contributed by atoms with Crippen LogP contribution in [0.4, 0.5) is 0 Å². The van der Waals surface area contributed by atoms with E-state index in [1.54, 1.807) is 7.11 Å². The molecule has 0 spiro atoms. The molecule has 0 N–H and O–H groups in total. The second kappa shape index (κ2) is 5.34. The summed E-state index contributed by atoms with van der Waals surface area (Å²) in [5.41, 5.74) is 3.20. The summed E-state index contributed by atoms with van der Waals surface area (Å²) in [6.07, 6.45) is 1.95. The van der Waals surface area contributed by atoms with Crippen molar-refractivity contribution in [2.75, 3.05) is 13.7 Å². The van der Waals surface area contributed by atoms with Gasteiger partial charge in [-0.25, -0.2) is 0 Å². The minimum absolute atomic E-state index is 0.662. The number of aryl methyl sites for hydroxylation is 1. The second-order valence-electron chi connectivity index (χ2n) is 3.92. The van der Waals surface area contributed by atoms with Crippen molar-refractivity contribution in [1.29, 1.82) is 0 Å². The van der Waals surface area contributed by atoms with Crippen LogP contribution in [-0.4, -0.2) is 23.5 Å². The monoisotopic (exact) mass is 250 g/mol. The van der Waals surface area contributed by atoms with Gasteiger partial charge < -0.3 is 4.74 Å². The Balaban J connectivity index is 2.27. The van der Waals surface area contributed by atoms with Crippen LogP contribution in [0.3, 0.4) is 0 Å². The molecule has 0 bridgehead atoms. The third kappa shape index (κ3) is 2.87. The van der Waals surface area contributed by atoms with Gasteiger partial charge in [0.25, 0.3) is 0 Å². The number of hydrogen-bond acceptors (Lipinski definition) is 2. The molecule has 0 saturated heterocycles. The average Bonchev–Trinajstić information content (AvgIpc) is 2.78. The molecule has 17 heavy (non-hydrogen) atoms. The highest BCUT2D eigenvalue weighted by molar-refractivity contribution is 6.30. The first-order valence-electron chi connectivity index (χ1n) is 5.49. The maximum absolute atomic E-state index is 6.00. The van der Waals surface area contributed by atoms with Crippen LogP contribution in [0.5, 0.6) is 0 Å². The van der Waals surface area contributed by atoms with Gasteiger partial charge in [0.15, 0.2) is 0 Å². The first-order valence-corrected chi connectivity index (χ1v) is 5.87. The standard InChI is InChI=1S/C13H15ClN2O/c1-10-3-4-11(14)9-12(10)13-5-6-16(15-13)7-8-17-2/h3-6,9H,7-8H2,1-2H3. The van der Waals surface area contributed by atoms with E-state index in [0.717, 1.165) is 22.8 Å². The Hall–Kier alpha value is -1.32. The molecule has 0 atom stereocenters. The number of hydrogen-bond donors (Lipinski definition) is 0. The van der Waals surface area contributed by atoms with Crippen molar-refractivity contribution < 1.29 is 4.74 Å². The van der Waals surface area contributed by atoms with E-state index in [1.807, 2.05) is 35.1 Å². The summed E-state index contributed by atoms with van der Waals surface area (Å²) in [5, 5.41) is 5.23. The van der Waals surface area contributed by atoms with E-state index < -0.39 is 0 Å². The van der Waals surface area contributed by atoms with E-state index in [-0.39, 0.29) is 0 Å². The maximum Gasteiger partial charge on any atom is 0.0926 e. The largest absolute Gasteiger partial charge is 0.383 e. The minimum atomic E-state index is 0.662. The molecule has 0 saturated carbocycles. The molecule has 1 heterocycles. The number of benzene rings is 1. The van der Waals surface area contributed by atoms with Gasteiger partial charge >= 0.3 is 0 Å². The van der Waals surface area contributed by atoms with E-state index in [9.17, 15) is 0 Å². The molecule has 90 valence electrons. The Morgan fingerprint density at radius 3 is 2.94 bits per heavy atom. The van der Waals surface area contributed by atoms with Crippen molar-refractivity contribution in [3.8, 4) is 11.3 Å². The Labute approximate surface area is 106 Å². The Morgan fingerprint density at radius 2 is 2.18 bits per heavy atom. The van der Waals surface area contributed by atoms with Crippen LogP contribution in [-0.2, 0) is 11.3 Å². The lowest BCUT2D eigenvalue weighted by Gasteiger charge is -2.03. The Bertz CT molecular complexity index is 508. The highest BCUT2D eigenvalue weighted by Gasteiger charge is 2.06. The molecular weight excluding hydrogens is 236 g/mol. The van der Waals surface area contributed by atoms with Crippen molar-refractivity contribution in [2.24, 2.45) is 0 Å². The molecule has 0 aliphatic carbocycles. The number of halogens is 1. The quantitative estimate of drug-likeness (QED) is 0.834. The van der Waals surface area contributed by atoms with Crippen LogP contribution >= 0.6 is 11.6 Å². The van der Waals surface area contributed by atoms with Crippen LogP contribution in [0.15, 0.2) is 30.5 Å². The molecule has 0 amide bonds. The predicted molar refractivity (Wildman–Crippen MR) is 69.3 cm³/mol.